The second kappa shape index (κ2) is 4.48. The first-order valence-corrected chi connectivity index (χ1v) is 4.58. The van der Waals surface area contributed by atoms with Gasteiger partial charge in [-0.15, -0.1) is 0 Å². The molecule has 0 atom stereocenters. The van der Waals surface area contributed by atoms with Crippen LogP contribution in [-0.2, 0) is 0 Å². The van der Waals surface area contributed by atoms with E-state index in [1.165, 1.54) is 12.1 Å². The first kappa shape index (κ1) is 11.1. The average molecular weight is 236 g/mol. The molecular formula is C8H7Cl2NO3. The predicted molar refractivity (Wildman–Crippen MR) is 54.3 cm³/mol. The van der Waals surface area contributed by atoms with Crippen LogP contribution in [-0.4, -0.2) is 11.5 Å². The molecule has 0 amide bonds. The maximum Gasteiger partial charge on any atom is 0.306 e. The third-order valence-corrected chi connectivity index (χ3v) is 2.06. The number of hydrogen-bond acceptors (Lipinski definition) is 3. The van der Waals surface area contributed by atoms with Crippen molar-refractivity contribution in [1.82, 2.24) is 0 Å². The molecule has 0 spiro atoms. The Morgan fingerprint density at radius 3 is 2.29 bits per heavy atom. The highest BCUT2D eigenvalue weighted by molar-refractivity contribution is 6.38. The Morgan fingerprint density at radius 1 is 1.43 bits per heavy atom. The van der Waals surface area contributed by atoms with Gasteiger partial charge in [0.2, 0.25) is 0 Å². The number of hydrogen-bond donors (Lipinski definition) is 0. The molecule has 0 saturated carbocycles. The van der Waals surface area contributed by atoms with Crippen LogP contribution < -0.4 is 4.74 Å². The highest BCUT2D eigenvalue weighted by Gasteiger charge is 2.19. The summed E-state index contributed by atoms with van der Waals surface area (Å²) in [5.41, 5.74) is -0.295. The molecule has 76 valence electrons. The maximum absolute atomic E-state index is 10.5. The third kappa shape index (κ3) is 2.27. The lowest BCUT2D eigenvalue weighted by molar-refractivity contribution is -0.384. The van der Waals surface area contributed by atoms with E-state index in [0.717, 1.165) is 0 Å². The van der Waals surface area contributed by atoms with Crippen LogP contribution in [0.15, 0.2) is 12.1 Å². The van der Waals surface area contributed by atoms with Gasteiger partial charge in [-0.2, -0.15) is 0 Å². The highest BCUT2D eigenvalue weighted by atomic mass is 35.5. The summed E-state index contributed by atoms with van der Waals surface area (Å²) < 4.78 is 5.11. The monoisotopic (exact) mass is 235 g/mol. The van der Waals surface area contributed by atoms with E-state index >= 15 is 0 Å². The summed E-state index contributed by atoms with van der Waals surface area (Å²) in [6, 6.07) is 2.74. The lowest BCUT2D eigenvalue weighted by Gasteiger charge is -2.04. The zero-order valence-corrected chi connectivity index (χ0v) is 8.80. The van der Waals surface area contributed by atoms with Crippen molar-refractivity contribution in [1.29, 1.82) is 0 Å². The van der Waals surface area contributed by atoms with Gasteiger partial charge < -0.3 is 4.74 Å². The van der Waals surface area contributed by atoms with E-state index < -0.39 is 4.92 Å². The molecule has 0 bridgehead atoms. The lowest BCUT2D eigenvalue weighted by Crippen LogP contribution is -1.94. The SMILES string of the molecule is CCOc1cc(Cl)c([N+](=O)[O-])c(Cl)c1. The Morgan fingerprint density at radius 2 is 1.93 bits per heavy atom. The summed E-state index contributed by atoms with van der Waals surface area (Å²) in [5.74, 6) is 0.424. The van der Waals surface area contributed by atoms with Gasteiger partial charge in [0.1, 0.15) is 15.8 Å². The highest BCUT2D eigenvalue weighted by Crippen LogP contribution is 2.36. The van der Waals surface area contributed by atoms with Gasteiger partial charge in [0, 0.05) is 12.1 Å². The summed E-state index contributed by atoms with van der Waals surface area (Å²) in [6.07, 6.45) is 0. The van der Waals surface area contributed by atoms with E-state index in [2.05, 4.69) is 0 Å². The van der Waals surface area contributed by atoms with Crippen LogP contribution in [0.1, 0.15) is 6.92 Å². The van der Waals surface area contributed by atoms with Crippen LogP contribution in [0.5, 0.6) is 5.75 Å². The number of ether oxygens (including phenoxy) is 1. The minimum absolute atomic E-state index is 0.0223. The average Bonchev–Trinajstić information content (AvgIpc) is 2.01. The van der Waals surface area contributed by atoms with Gasteiger partial charge in [0.15, 0.2) is 0 Å². The molecule has 0 fully saturated rings. The number of nitrogens with zero attached hydrogens (tertiary/aromatic N) is 1. The van der Waals surface area contributed by atoms with Crippen molar-refractivity contribution in [2.45, 2.75) is 6.92 Å². The summed E-state index contributed by atoms with van der Waals surface area (Å²) in [7, 11) is 0. The third-order valence-electron chi connectivity index (χ3n) is 1.48. The summed E-state index contributed by atoms with van der Waals surface area (Å²) in [5, 5.41) is 10.5. The van der Waals surface area contributed by atoms with Gasteiger partial charge in [-0.05, 0) is 6.92 Å². The van der Waals surface area contributed by atoms with E-state index in [1.807, 2.05) is 0 Å². The molecule has 0 aliphatic heterocycles. The van der Waals surface area contributed by atoms with Gasteiger partial charge in [-0.25, -0.2) is 0 Å². The molecule has 0 aromatic heterocycles. The molecule has 0 aliphatic rings. The summed E-state index contributed by atoms with van der Waals surface area (Å²) in [6.45, 7) is 2.24. The summed E-state index contributed by atoms with van der Waals surface area (Å²) in [4.78, 5) is 9.88. The Balaban J connectivity index is 3.18. The fraction of sp³-hybridized carbons (Fsp3) is 0.250. The molecule has 0 heterocycles. The molecule has 1 aromatic carbocycles. The number of rotatable bonds is 3. The molecule has 0 saturated heterocycles. The van der Waals surface area contributed by atoms with Crippen LogP contribution in [0.3, 0.4) is 0 Å². The summed E-state index contributed by atoms with van der Waals surface area (Å²) >= 11 is 11.3. The van der Waals surface area contributed by atoms with Gasteiger partial charge >= 0.3 is 5.69 Å². The number of benzene rings is 1. The molecule has 0 unspecified atom stereocenters. The fourth-order valence-electron chi connectivity index (χ4n) is 0.967. The van der Waals surface area contributed by atoms with Crippen LogP contribution in [0.25, 0.3) is 0 Å². The maximum atomic E-state index is 10.5. The fourth-order valence-corrected chi connectivity index (χ4v) is 1.57. The van der Waals surface area contributed by atoms with E-state index in [9.17, 15) is 10.1 Å². The van der Waals surface area contributed by atoms with E-state index in [-0.39, 0.29) is 15.7 Å². The Bertz CT molecular complexity index is 345. The first-order valence-electron chi connectivity index (χ1n) is 3.82. The van der Waals surface area contributed by atoms with Crippen LogP contribution in [0.4, 0.5) is 5.69 Å². The minimum atomic E-state index is -0.625. The van der Waals surface area contributed by atoms with Gasteiger partial charge in [0.05, 0.1) is 11.5 Å². The molecule has 0 aliphatic carbocycles. The van der Waals surface area contributed by atoms with E-state index in [1.54, 1.807) is 6.92 Å². The molecule has 1 aromatic rings. The van der Waals surface area contributed by atoms with Crippen LogP contribution >= 0.6 is 23.2 Å². The Kier molecular flexibility index (Phi) is 3.55. The van der Waals surface area contributed by atoms with Crippen molar-refractivity contribution in [3.63, 3.8) is 0 Å². The quantitative estimate of drug-likeness (QED) is 0.597. The lowest BCUT2D eigenvalue weighted by atomic mass is 10.3. The molecule has 0 radical (unpaired) electrons. The second-order valence-corrected chi connectivity index (χ2v) is 3.24. The topological polar surface area (TPSA) is 52.4 Å². The Hall–Kier alpha value is -1.00. The molecule has 14 heavy (non-hydrogen) atoms. The smallest absolute Gasteiger partial charge is 0.306 e. The van der Waals surface area contributed by atoms with E-state index in [4.69, 9.17) is 27.9 Å². The second-order valence-electron chi connectivity index (χ2n) is 2.43. The zero-order valence-electron chi connectivity index (χ0n) is 7.29. The van der Waals surface area contributed by atoms with E-state index in [0.29, 0.717) is 12.4 Å². The van der Waals surface area contributed by atoms with Crippen molar-refractivity contribution < 1.29 is 9.66 Å². The molecular weight excluding hydrogens is 229 g/mol. The van der Waals surface area contributed by atoms with Crippen LogP contribution in [0, 0.1) is 10.1 Å². The van der Waals surface area contributed by atoms with Crippen LogP contribution in [0.2, 0.25) is 10.0 Å². The number of nitro groups is 1. The van der Waals surface area contributed by atoms with Crippen molar-refractivity contribution in [2.75, 3.05) is 6.61 Å². The zero-order chi connectivity index (χ0) is 10.7. The standard InChI is InChI=1S/C8H7Cl2NO3/c1-2-14-5-3-6(9)8(11(12)13)7(10)4-5/h3-4H,2H2,1H3. The number of nitro benzene ring substituents is 1. The Labute approximate surface area is 90.5 Å². The van der Waals surface area contributed by atoms with Crippen molar-refractivity contribution in [3.8, 4) is 5.75 Å². The predicted octanol–water partition coefficient (Wildman–Crippen LogP) is 3.30. The first-order chi connectivity index (χ1) is 6.56. The molecule has 0 N–H and O–H groups in total. The van der Waals surface area contributed by atoms with Crippen molar-refractivity contribution in [3.05, 3.63) is 32.3 Å². The van der Waals surface area contributed by atoms with Gasteiger partial charge in [-0.1, -0.05) is 23.2 Å². The largest absolute Gasteiger partial charge is 0.494 e. The molecule has 6 heteroatoms. The van der Waals surface area contributed by atoms with Crippen molar-refractivity contribution in [2.24, 2.45) is 0 Å². The van der Waals surface area contributed by atoms with Gasteiger partial charge in [0.25, 0.3) is 0 Å². The molecule has 1 rings (SSSR count). The van der Waals surface area contributed by atoms with Gasteiger partial charge in [-0.3, -0.25) is 10.1 Å². The minimum Gasteiger partial charge on any atom is -0.494 e. The number of halogens is 2. The normalized spacial score (nSPS) is 9.93. The molecule has 4 nitrogen and oxygen atoms in total. The van der Waals surface area contributed by atoms with Crippen molar-refractivity contribution >= 4 is 28.9 Å².